The first-order chi connectivity index (χ1) is 9.11. The summed E-state index contributed by atoms with van der Waals surface area (Å²) in [7, 11) is 0. The van der Waals surface area contributed by atoms with Gasteiger partial charge in [-0.15, -0.1) is 11.3 Å². The van der Waals surface area contributed by atoms with E-state index < -0.39 is 0 Å². The lowest BCUT2D eigenvalue weighted by atomic mass is 10.2. The lowest BCUT2D eigenvalue weighted by Crippen LogP contribution is -2.17. The monoisotopic (exact) mass is 277 g/mol. The van der Waals surface area contributed by atoms with Crippen LogP contribution in [0, 0.1) is 0 Å². The van der Waals surface area contributed by atoms with Gasteiger partial charge >= 0.3 is 0 Å². The van der Waals surface area contributed by atoms with Crippen molar-refractivity contribution in [3.8, 4) is 0 Å². The molecule has 100 valence electrons. The Morgan fingerprint density at radius 1 is 1.47 bits per heavy atom. The van der Waals surface area contributed by atoms with E-state index in [0.717, 1.165) is 5.69 Å². The van der Waals surface area contributed by atoms with Crippen molar-refractivity contribution < 1.29 is 4.79 Å². The minimum atomic E-state index is -0.264. The summed E-state index contributed by atoms with van der Waals surface area (Å²) in [5.74, 6) is 5.42. The molecule has 0 saturated heterocycles. The van der Waals surface area contributed by atoms with Crippen LogP contribution in [-0.4, -0.2) is 15.9 Å². The molecule has 0 bridgehead atoms. The summed E-state index contributed by atoms with van der Waals surface area (Å²) in [5, 5.41) is 5.27. The van der Waals surface area contributed by atoms with Crippen LogP contribution in [0.3, 0.4) is 0 Å². The second kappa shape index (κ2) is 5.77. The average Bonchev–Trinajstić information content (AvgIpc) is 2.87. The maximum absolute atomic E-state index is 12.1. The molecule has 0 radical (unpaired) electrons. The molecule has 0 unspecified atom stereocenters. The number of carbonyl (C=O) groups is 1. The highest BCUT2D eigenvalue weighted by molar-refractivity contribution is 7.14. The standard InChI is InChI=1S/C12H15N5OS/c1-7(2)10-6-19-12(15-10)16-11(18)8-3-4-14-5-9(8)17-13/h3-7,17H,13H2,1-2H3,(H,15,16,18). The zero-order valence-electron chi connectivity index (χ0n) is 10.7. The van der Waals surface area contributed by atoms with Crippen LogP contribution < -0.4 is 16.6 Å². The quantitative estimate of drug-likeness (QED) is 0.588. The van der Waals surface area contributed by atoms with Gasteiger partial charge in [0.15, 0.2) is 5.13 Å². The van der Waals surface area contributed by atoms with Crippen molar-refractivity contribution in [2.75, 3.05) is 10.7 Å². The van der Waals surface area contributed by atoms with Gasteiger partial charge in [0, 0.05) is 11.6 Å². The molecule has 0 spiro atoms. The zero-order valence-corrected chi connectivity index (χ0v) is 11.5. The molecule has 7 heteroatoms. The van der Waals surface area contributed by atoms with Crippen LogP contribution in [0.15, 0.2) is 23.8 Å². The Balaban J connectivity index is 2.16. The highest BCUT2D eigenvalue weighted by Crippen LogP contribution is 2.22. The average molecular weight is 277 g/mol. The number of pyridine rings is 1. The van der Waals surface area contributed by atoms with Crippen molar-refractivity contribution in [2.24, 2.45) is 5.84 Å². The largest absolute Gasteiger partial charge is 0.322 e. The lowest BCUT2D eigenvalue weighted by Gasteiger charge is -2.07. The van der Waals surface area contributed by atoms with E-state index in [9.17, 15) is 4.79 Å². The van der Waals surface area contributed by atoms with Crippen LogP contribution in [-0.2, 0) is 0 Å². The van der Waals surface area contributed by atoms with Crippen molar-refractivity contribution in [3.05, 3.63) is 35.1 Å². The van der Waals surface area contributed by atoms with Gasteiger partial charge < -0.3 is 5.43 Å². The first-order valence-electron chi connectivity index (χ1n) is 5.79. The Hall–Kier alpha value is -1.99. The molecule has 4 N–H and O–H groups in total. The minimum Gasteiger partial charge on any atom is -0.322 e. The Morgan fingerprint density at radius 3 is 2.89 bits per heavy atom. The molecular weight excluding hydrogens is 262 g/mol. The van der Waals surface area contributed by atoms with Gasteiger partial charge in [-0.3, -0.25) is 20.9 Å². The number of hydrogen-bond donors (Lipinski definition) is 3. The molecule has 2 rings (SSSR count). The van der Waals surface area contributed by atoms with E-state index >= 15 is 0 Å². The summed E-state index contributed by atoms with van der Waals surface area (Å²) < 4.78 is 0. The molecule has 0 aliphatic carbocycles. The van der Waals surface area contributed by atoms with Gasteiger partial charge in [-0.1, -0.05) is 13.8 Å². The normalized spacial score (nSPS) is 10.5. The molecule has 2 aromatic heterocycles. The minimum absolute atomic E-state index is 0.264. The van der Waals surface area contributed by atoms with Gasteiger partial charge in [-0.05, 0) is 12.0 Å². The summed E-state index contributed by atoms with van der Waals surface area (Å²) in [4.78, 5) is 20.4. The third kappa shape index (κ3) is 3.07. The first kappa shape index (κ1) is 13.4. The number of nitrogens with two attached hydrogens (primary N) is 1. The van der Waals surface area contributed by atoms with Crippen molar-refractivity contribution in [2.45, 2.75) is 19.8 Å². The summed E-state index contributed by atoms with van der Waals surface area (Å²) in [6.07, 6.45) is 3.04. The first-order valence-corrected chi connectivity index (χ1v) is 6.67. The molecule has 1 amide bonds. The highest BCUT2D eigenvalue weighted by Gasteiger charge is 2.13. The molecule has 0 aliphatic heterocycles. The molecule has 0 saturated carbocycles. The van der Waals surface area contributed by atoms with Crippen LogP contribution in [0.1, 0.15) is 35.8 Å². The number of anilines is 2. The van der Waals surface area contributed by atoms with Crippen molar-refractivity contribution >= 4 is 28.1 Å². The van der Waals surface area contributed by atoms with Crippen LogP contribution >= 0.6 is 11.3 Å². The number of amides is 1. The number of nitrogens with zero attached hydrogens (tertiary/aromatic N) is 2. The Morgan fingerprint density at radius 2 is 2.26 bits per heavy atom. The number of hydrogen-bond acceptors (Lipinski definition) is 6. The maximum atomic E-state index is 12.1. The smallest absolute Gasteiger partial charge is 0.259 e. The van der Waals surface area contributed by atoms with E-state index in [1.165, 1.54) is 23.7 Å². The fraction of sp³-hybridized carbons (Fsp3) is 0.250. The number of nitrogens with one attached hydrogen (secondary N) is 2. The predicted molar refractivity (Wildman–Crippen MR) is 76.2 cm³/mol. The summed E-state index contributed by atoms with van der Waals surface area (Å²) in [5.41, 5.74) is 4.31. The van der Waals surface area contributed by atoms with E-state index in [2.05, 4.69) is 34.6 Å². The number of thiazole rings is 1. The van der Waals surface area contributed by atoms with E-state index in [1.54, 1.807) is 6.07 Å². The second-order valence-corrected chi connectivity index (χ2v) is 5.11. The van der Waals surface area contributed by atoms with Crippen molar-refractivity contribution in [1.29, 1.82) is 0 Å². The highest BCUT2D eigenvalue weighted by atomic mass is 32.1. The van der Waals surface area contributed by atoms with Gasteiger partial charge in [0.1, 0.15) is 0 Å². The molecule has 0 atom stereocenters. The Labute approximate surface area is 115 Å². The molecule has 0 aliphatic rings. The topological polar surface area (TPSA) is 92.9 Å². The van der Waals surface area contributed by atoms with Gasteiger partial charge in [-0.2, -0.15) is 0 Å². The van der Waals surface area contributed by atoms with Gasteiger partial charge in [-0.25, -0.2) is 4.98 Å². The predicted octanol–water partition coefficient (Wildman–Crippen LogP) is 2.20. The second-order valence-electron chi connectivity index (χ2n) is 4.25. The van der Waals surface area contributed by atoms with E-state index in [4.69, 9.17) is 5.84 Å². The third-order valence-corrected chi connectivity index (χ3v) is 3.33. The number of aromatic nitrogens is 2. The van der Waals surface area contributed by atoms with Gasteiger partial charge in [0.2, 0.25) is 0 Å². The number of rotatable bonds is 4. The van der Waals surface area contributed by atoms with E-state index in [0.29, 0.717) is 22.3 Å². The van der Waals surface area contributed by atoms with Crippen LogP contribution in [0.4, 0.5) is 10.8 Å². The van der Waals surface area contributed by atoms with Crippen LogP contribution in [0.2, 0.25) is 0 Å². The summed E-state index contributed by atoms with van der Waals surface area (Å²) in [6, 6.07) is 1.60. The van der Waals surface area contributed by atoms with Gasteiger partial charge in [0.25, 0.3) is 5.91 Å². The molecule has 6 nitrogen and oxygen atoms in total. The molecule has 0 fully saturated rings. The van der Waals surface area contributed by atoms with E-state index in [-0.39, 0.29) is 5.91 Å². The Kier molecular flexibility index (Phi) is 4.08. The van der Waals surface area contributed by atoms with Crippen molar-refractivity contribution in [1.82, 2.24) is 9.97 Å². The van der Waals surface area contributed by atoms with Gasteiger partial charge in [0.05, 0.1) is 23.1 Å². The molecule has 19 heavy (non-hydrogen) atoms. The third-order valence-electron chi connectivity index (χ3n) is 2.56. The molecule has 2 heterocycles. The summed E-state index contributed by atoms with van der Waals surface area (Å²) in [6.45, 7) is 4.11. The van der Waals surface area contributed by atoms with Crippen molar-refractivity contribution in [3.63, 3.8) is 0 Å². The molecule has 2 aromatic rings. The SMILES string of the molecule is CC(C)c1csc(NC(=O)c2ccncc2NN)n1. The molecule has 0 aromatic carbocycles. The molecular formula is C12H15N5OS. The Bertz CT molecular complexity index is 581. The fourth-order valence-electron chi connectivity index (χ4n) is 1.48. The fourth-order valence-corrected chi connectivity index (χ4v) is 2.35. The number of carbonyl (C=O) groups excluding carboxylic acids is 1. The summed E-state index contributed by atoms with van der Waals surface area (Å²) >= 11 is 1.40. The number of nitrogen functional groups attached to an aromatic ring is 1. The van der Waals surface area contributed by atoms with Crippen LogP contribution in [0.5, 0.6) is 0 Å². The lowest BCUT2D eigenvalue weighted by molar-refractivity contribution is 0.102. The maximum Gasteiger partial charge on any atom is 0.259 e. The number of hydrazine groups is 1. The van der Waals surface area contributed by atoms with Crippen LogP contribution in [0.25, 0.3) is 0 Å². The zero-order chi connectivity index (χ0) is 13.8. The van der Waals surface area contributed by atoms with E-state index in [1.807, 2.05) is 5.38 Å².